The number of hydrogen-bond acceptors (Lipinski definition) is 6. The van der Waals surface area contributed by atoms with E-state index in [1.165, 1.54) is 33.5 Å². The van der Waals surface area contributed by atoms with E-state index in [1.807, 2.05) is 6.07 Å². The molecule has 1 N–H and O–H groups in total. The second-order valence-corrected chi connectivity index (χ2v) is 9.24. The van der Waals surface area contributed by atoms with Crippen LogP contribution in [0.2, 0.25) is 0 Å². The number of carbonyl (C=O) groups excluding carboxylic acids is 1. The van der Waals surface area contributed by atoms with E-state index in [0.717, 1.165) is 9.87 Å². The van der Waals surface area contributed by atoms with Gasteiger partial charge in [0.25, 0.3) is 10.0 Å². The number of hydrogen-bond donors (Lipinski definition) is 1. The molecule has 180 valence electrons. The van der Waals surface area contributed by atoms with Gasteiger partial charge in [0.1, 0.15) is 6.54 Å². The lowest BCUT2D eigenvalue weighted by atomic mass is 10.1. The van der Waals surface area contributed by atoms with Crippen molar-refractivity contribution in [1.82, 2.24) is 5.32 Å². The Kier molecular flexibility index (Phi) is 8.01. The van der Waals surface area contributed by atoms with Gasteiger partial charge in [-0.05, 0) is 42.8 Å². The molecule has 0 saturated heterocycles. The zero-order valence-corrected chi connectivity index (χ0v) is 20.4. The highest BCUT2D eigenvalue weighted by atomic mass is 32.2. The van der Waals surface area contributed by atoms with Gasteiger partial charge in [0, 0.05) is 12.1 Å². The van der Waals surface area contributed by atoms with Crippen molar-refractivity contribution in [3.63, 3.8) is 0 Å². The van der Waals surface area contributed by atoms with E-state index in [2.05, 4.69) is 5.32 Å². The molecule has 34 heavy (non-hydrogen) atoms. The van der Waals surface area contributed by atoms with E-state index in [-0.39, 0.29) is 11.4 Å². The van der Waals surface area contributed by atoms with Gasteiger partial charge in [-0.1, -0.05) is 36.4 Å². The van der Waals surface area contributed by atoms with Crippen LogP contribution in [0.1, 0.15) is 11.1 Å². The zero-order chi connectivity index (χ0) is 24.7. The Morgan fingerprint density at radius 3 is 2.12 bits per heavy atom. The van der Waals surface area contributed by atoms with E-state index in [0.29, 0.717) is 28.5 Å². The largest absolute Gasteiger partial charge is 0.493 e. The minimum Gasteiger partial charge on any atom is -0.493 e. The summed E-state index contributed by atoms with van der Waals surface area (Å²) in [4.78, 5) is 13.1. The van der Waals surface area contributed by atoms with Crippen molar-refractivity contribution in [3.8, 4) is 17.2 Å². The Hall–Kier alpha value is -3.72. The summed E-state index contributed by atoms with van der Waals surface area (Å²) in [5.41, 5.74) is 1.82. The standard InChI is InChI=1S/C25H28N2O6S/c1-18-10-8-9-13-21(18)27(34(29,30)20-11-6-5-7-12-20)17-23(28)26-16-19-14-15-22(31-2)25(33-4)24(19)32-3/h5-15H,16-17H2,1-4H3,(H,26,28). The summed E-state index contributed by atoms with van der Waals surface area (Å²) in [5, 5.41) is 2.78. The van der Waals surface area contributed by atoms with Gasteiger partial charge in [0.15, 0.2) is 11.5 Å². The quantitative estimate of drug-likeness (QED) is 0.473. The molecule has 1 amide bonds. The SMILES string of the molecule is COc1ccc(CNC(=O)CN(c2ccccc2C)S(=O)(=O)c2ccccc2)c(OC)c1OC. The number of nitrogens with zero attached hydrogens (tertiary/aromatic N) is 1. The predicted molar refractivity (Wildman–Crippen MR) is 130 cm³/mol. The molecule has 9 heteroatoms. The number of rotatable bonds is 10. The topological polar surface area (TPSA) is 94.2 Å². The van der Waals surface area contributed by atoms with Gasteiger partial charge >= 0.3 is 0 Å². The third-order valence-electron chi connectivity index (χ3n) is 5.26. The number of ether oxygens (including phenoxy) is 3. The lowest BCUT2D eigenvalue weighted by Gasteiger charge is -2.25. The highest BCUT2D eigenvalue weighted by Crippen LogP contribution is 2.39. The Morgan fingerprint density at radius 1 is 0.853 bits per heavy atom. The molecule has 3 aromatic carbocycles. The number of para-hydroxylation sites is 1. The number of benzene rings is 3. The minimum atomic E-state index is -3.98. The lowest BCUT2D eigenvalue weighted by molar-refractivity contribution is -0.119. The second kappa shape index (κ2) is 10.9. The average Bonchev–Trinajstić information content (AvgIpc) is 2.86. The van der Waals surface area contributed by atoms with Crippen LogP contribution < -0.4 is 23.8 Å². The summed E-state index contributed by atoms with van der Waals surface area (Å²) in [6.07, 6.45) is 0. The van der Waals surface area contributed by atoms with Gasteiger partial charge in [-0.15, -0.1) is 0 Å². The molecule has 8 nitrogen and oxygen atoms in total. The second-order valence-electron chi connectivity index (χ2n) is 7.38. The van der Waals surface area contributed by atoms with Crippen LogP contribution in [0.4, 0.5) is 5.69 Å². The molecule has 0 saturated carbocycles. The van der Waals surface area contributed by atoms with Crippen molar-refractivity contribution < 1.29 is 27.4 Å². The smallest absolute Gasteiger partial charge is 0.264 e. The first-order valence-electron chi connectivity index (χ1n) is 10.5. The lowest BCUT2D eigenvalue weighted by Crippen LogP contribution is -2.41. The van der Waals surface area contributed by atoms with E-state index in [4.69, 9.17) is 14.2 Å². The van der Waals surface area contributed by atoms with Gasteiger partial charge in [-0.2, -0.15) is 0 Å². The van der Waals surface area contributed by atoms with Crippen LogP contribution in [0.25, 0.3) is 0 Å². The molecule has 0 aliphatic heterocycles. The summed E-state index contributed by atoms with van der Waals surface area (Å²) in [5.74, 6) is 0.855. The number of amides is 1. The highest BCUT2D eigenvalue weighted by Gasteiger charge is 2.28. The summed E-state index contributed by atoms with van der Waals surface area (Å²) < 4.78 is 44.1. The molecule has 0 atom stereocenters. The van der Waals surface area contributed by atoms with Crippen LogP contribution in [0, 0.1) is 6.92 Å². The maximum Gasteiger partial charge on any atom is 0.264 e. The third kappa shape index (κ3) is 5.26. The average molecular weight is 485 g/mol. The predicted octanol–water partition coefficient (Wildman–Crippen LogP) is 3.53. The van der Waals surface area contributed by atoms with Crippen LogP contribution in [-0.2, 0) is 21.4 Å². The number of carbonyl (C=O) groups is 1. The van der Waals surface area contributed by atoms with Gasteiger partial charge in [0.2, 0.25) is 11.7 Å². The molecule has 0 spiro atoms. The first-order chi connectivity index (χ1) is 16.3. The molecular formula is C25H28N2O6S. The molecule has 0 unspecified atom stereocenters. The fourth-order valence-electron chi connectivity index (χ4n) is 3.55. The molecule has 0 aliphatic rings. The minimum absolute atomic E-state index is 0.104. The van der Waals surface area contributed by atoms with Crippen molar-refractivity contribution in [2.24, 2.45) is 0 Å². The number of methoxy groups -OCH3 is 3. The van der Waals surface area contributed by atoms with Gasteiger partial charge < -0.3 is 19.5 Å². The monoisotopic (exact) mass is 484 g/mol. The molecule has 0 fully saturated rings. The van der Waals surface area contributed by atoms with Crippen LogP contribution in [0.5, 0.6) is 17.2 Å². The molecule has 0 aliphatic carbocycles. The maximum absolute atomic E-state index is 13.4. The number of aryl methyl sites for hydroxylation is 1. The molecule has 0 aromatic heterocycles. The molecule has 0 bridgehead atoms. The maximum atomic E-state index is 13.4. The molecular weight excluding hydrogens is 456 g/mol. The van der Waals surface area contributed by atoms with E-state index in [9.17, 15) is 13.2 Å². The van der Waals surface area contributed by atoms with Crippen molar-refractivity contribution in [2.75, 3.05) is 32.2 Å². The fourth-order valence-corrected chi connectivity index (χ4v) is 5.05. The number of sulfonamides is 1. The van der Waals surface area contributed by atoms with E-state index >= 15 is 0 Å². The number of nitrogens with one attached hydrogen (secondary N) is 1. The van der Waals surface area contributed by atoms with Crippen molar-refractivity contribution >= 4 is 21.6 Å². The summed E-state index contributed by atoms with van der Waals surface area (Å²) >= 11 is 0. The van der Waals surface area contributed by atoms with E-state index in [1.54, 1.807) is 55.5 Å². The van der Waals surface area contributed by atoms with Crippen LogP contribution in [0.15, 0.2) is 71.6 Å². The first-order valence-corrected chi connectivity index (χ1v) is 12.0. The highest BCUT2D eigenvalue weighted by molar-refractivity contribution is 7.92. The Morgan fingerprint density at radius 2 is 1.50 bits per heavy atom. The van der Waals surface area contributed by atoms with Crippen molar-refractivity contribution in [2.45, 2.75) is 18.4 Å². The zero-order valence-electron chi connectivity index (χ0n) is 19.6. The van der Waals surface area contributed by atoms with Gasteiger partial charge in [-0.25, -0.2) is 8.42 Å². The molecule has 0 radical (unpaired) electrons. The van der Waals surface area contributed by atoms with Gasteiger partial charge in [-0.3, -0.25) is 9.10 Å². The fraction of sp³-hybridized carbons (Fsp3) is 0.240. The van der Waals surface area contributed by atoms with E-state index < -0.39 is 22.5 Å². The van der Waals surface area contributed by atoms with Crippen molar-refractivity contribution in [1.29, 1.82) is 0 Å². The number of anilines is 1. The van der Waals surface area contributed by atoms with Crippen molar-refractivity contribution in [3.05, 3.63) is 77.9 Å². The first kappa shape index (κ1) is 24.9. The Bertz CT molecular complexity index is 1250. The third-order valence-corrected chi connectivity index (χ3v) is 7.04. The molecule has 3 aromatic rings. The Labute approximate surface area is 200 Å². The molecule has 3 rings (SSSR count). The van der Waals surface area contributed by atoms with Crippen LogP contribution >= 0.6 is 0 Å². The Balaban J connectivity index is 1.87. The summed E-state index contributed by atoms with van der Waals surface area (Å²) in [6, 6.07) is 18.5. The van der Waals surface area contributed by atoms with Crippen LogP contribution in [0.3, 0.4) is 0 Å². The van der Waals surface area contributed by atoms with Gasteiger partial charge in [0.05, 0.1) is 31.9 Å². The summed E-state index contributed by atoms with van der Waals surface area (Å²) in [7, 11) is 0.536. The molecule has 0 heterocycles. The normalized spacial score (nSPS) is 10.9. The van der Waals surface area contributed by atoms with Crippen LogP contribution in [-0.4, -0.2) is 42.2 Å². The summed E-state index contributed by atoms with van der Waals surface area (Å²) in [6.45, 7) is 1.52.